The Kier molecular flexibility index (Phi) is 4.09. The second kappa shape index (κ2) is 5.63. The van der Waals surface area contributed by atoms with Gasteiger partial charge in [-0.1, -0.05) is 19.9 Å². The normalized spacial score (nSPS) is 10.6. The van der Waals surface area contributed by atoms with Crippen molar-refractivity contribution in [3.05, 3.63) is 44.8 Å². The summed E-state index contributed by atoms with van der Waals surface area (Å²) in [4.78, 5) is 11.2. The molecule has 0 saturated carbocycles. The van der Waals surface area contributed by atoms with Crippen LogP contribution in [0.15, 0.2) is 24.3 Å². The number of rotatable bonds is 3. The molecule has 1 aromatic carbocycles. The largest absolute Gasteiger partial charge is 0.476 e. The maximum atomic E-state index is 11.2. The molecule has 20 heavy (non-hydrogen) atoms. The van der Waals surface area contributed by atoms with Gasteiger partial charge in [0.2, 0.25) is 0 Å². The molecule has 0 fully saturated rings. The van der Waals surface area contributed by atoms with Gasteiger partial charge in [-0.2, -0.15) is 10.4 Å². The van der Waals surface area contributed by atoms with Crippen LogP contribution in [0.3, 0.4) is 0 Å². The highest BCUT2D eigenvalue weighted by Crippen LogP contribution is 2.27. The smallest absolute Gasteiger partial charge is 0.357 e. The first-order valence-electron chi connectivity index (χ1n) is 5.98. The van der Waals surface area contributed by atoms with Crippen molar-refractivity contribution in [2.24, 2.45) is 0 Å². The average Bonchev–Trinajstić information content (AvgIpc) is 2.76. The van der Waals surface area contributed by atoms with E-state index in [9.17, 15) is 9.90 Å². The molecule has 0 saturated heterocycles. The van der Waals surface area contributed by atoms with Crippen molar-refractivity contribution in [3.63, 3.8) is 0 Å². The topological polar surface area (TPSA) is 78.9 Å². The number of carboxylic acids is 1. The first-order chi connectivity index (χ1) is 9.45. The molecule has 1 N–H and O–H groups in total. The van der Waals surface area contributed by atoms with E-state index in [-0.39, 0.29) is 11.6 Å². The zero-order valence-electron chi connectivity index (χ0n) is 11.0. The quantitative estimate of drug-likeness (QED) is 0.829. The summed E-state index contributed by atoms with van der Waals surface area (Å²) in [5.41, 5.74) is 2.08. The van der Waals surface area contributed by atoms with Gasteiger partial charge < -0.3 is 5.11 Å². The van der Waals surface area contributed by atoms with Crippen LogP contribution >= 0.6 is 22.6 Å². The van der Waals surface area contributed by atoms with Crippen LogP contribution in [0.4, 0.5) is 0 Å². The zero-order chi connectivity index (χ0) is 14.9. The molecule has 0 aliphatic carbocycles. The number of nitrogens with zero attached hydrogens (tertiary/aromatic N) is 3. The molecule has 2 aromatic rings. The number of hydrogen-bond acceptors (Lipinski definition) is 3. The van der Waals surface area contributed by atoms with Crippen molar-refractivity contribution in [1.29, 1.82) is 5.26 Å². The van der Waals surface area contributed by atoms with Crippen molar-refractivity contribution in [1.82, 2.24) is 9.78 Å². The minimum Gasteiger partial charge on any atom is -0.476 e. The Bertz CT molecular complexity index is 714. The lowest BCUT2D eigenvalue weighted by molar-refractivity contribution is 0.0689. The minimum atomic E-state index is -1.05. The predicted octanol–water partition coefficient (Wildman–Crippen LogP) is 3.17. The molecule has 102 valence electrons. The van der Waals surface area contributed by atoms with E-state index in [0.29, 0.717) is 14.8 Å². The Labute approximate surface area is 130 Å². The van der Waals surface area contributed by atoms with E-state index in [1.165, 1.54) is 0 Å². The summed E-state index contributed by atoms with van der Waals surface area (Å²) >= 11 is 2.01. The van der Waals surface area contributed by atoms with Gasteiger partial charge in [0.15, 0.2) is 5.69 Å². The summed E-state index contributed by atoms with van der Waals surface area (Å²) < 4.78 is 2.24. The van der Waals surface area contributed by atoms with Gasteiger partial charge in [-0.3, -0.25) is 0 Å². The standard InChI is InChI=1S/C14H12IN3O2/c1-8(2)13-11(15)12(14(19)20)17-18(13)10-5-3-4-9(6-10)7-16/h3-6,8H,1-2H3,(H,19,20). The minimum absolute atomic E-state index is 0.0386. The fourth-order valence-electron chi connectivity index (χ4n) is 1.95. The van der Waals surface area contributed by atoms with Crippen molar-refractivity contribution in [3.8, 4) is 11.8 Å². The summed E-state index contributed by atoms with van der Waals surface area (Å²) in [5, 5.41) is 22.3. The number of carboxylic acid groups (broad SMARTS) is 1. The first kappa shape index (κ1) is 14.5. The second-order valence-electron chi connectivity index (χ2n) is 4.58. The number of halogens is 1. The average molecular weight is 381 g/mol. The molecule has 0 spiro atoms. The number of nitriles is 1. The highest BCUT2D eigenvalue weighted by molar-refractivity contribution is 14.1. The van der Waals surface area contributed by atoms with E-state index in [1.54, 1.807) is 28.9 Å². The summed E-state index contributed by atoms with van der Waals surface area (Å²) in [6.45, 7) is 3.96. The molecule has 2 rings (SSSR count). The van der Waals surface area contributed by atoms with Crippen LogP contribution in [0, 0.1) is 14.9 Å². The van der Waals surface area contributed by atoms with Crippen LogP contribution in [0.2, 0.25) is 0 Å². The number of carbonyl (C=O) groups is 1. The van der Waals surface area contributed by atoms with Crippen LogP contribution in [-0.4, -0.2) is 20.9 Å². The summed E-state index contributed by atoms with van der Waals surface area (Å²) in [6, 6.07) is 9.03. The van der Waals surface area contributed by atoms with Gasteiger partial charge in [0.05, 0.1) is 26.6 Å². The molecule has 0 aliphatic rings. The summed E-state index contributed by atoms with van der Waals surface area (Å²) in [5.74, 6) is -0.931. The SMILES string of the molecule is CC(C)c1c(I)c(C(=O)O)nn1-c1cccc(C#N)c1. The summed E-state index contributed by atoms with van der Waals surface area (Å²) in [7, 11) is 0. The van der Waals surface area contributed by atoms with Crippen molar-refractivity contribution in [2.45, 2.75) is 19.8 Å². The van der Waals surface area contributed by atoms with Crippen LogP contribution in [0.25, 0.3) is 5.69 Å². The Hall–Kier alpha value is -1.88. The third-order valence-corrected chi connectivity index (χ3v) is 3.89. The van der Waals surface area contributed by atoms with Crippen LogP contribution in [-0.2, 0) is 0 Å². The Morgan fingerprint density at radius 2 is 2.20 bits per heavy atom. The first-order valence-corrected chi connectivity index (χ1v) is 7.05. The number of aromatic nitrogens is 2. The highest BCUT2D eigenvalue weighted by Gasteiger charge is 2.23. The van der Waals surface area contributed by atoms with Gasteiger partial charge in [0.25, 0.3) is 0 Å². The van der Waals surface area contributed by atoms with Crippen molar-refractivity contribution in [2.75, 3.05) is 0 Å². The summed E-state index contributed by atoms with van der Waals surface area (Å²) in [6.07, 6.45) is 0. The number of benzene rings is 1. The second-order valence-corrected chi connectivity index (χ2v) is 5.66. The molecule has 5 nitrogen and oxygen atoms in total. The van der Waals surface area contributed by atoms with Gasteiger partial charge in [-0.05, 0) is 46.7 Å². The van der Waals surface area contributed by atoms with E-state index in [1.807, 2.05) is 36.4 Å². The van der Waals surface area contributed by atoms with E-state index < -0.39 is 5.97 Å². The van der Waals surface area contributed by atoms with E-state index in [0.717, 1.165) is 5.69 Å². The molecule has 0 radical (unpaired) electrons. The Morgan fingerprint density at radius 3 is 2.75 bits per heavy atom. The fourth-order valence-corrected chi connectivity index (χ4v) is 3.14. The third kappa shape index (κ3) is 2.54. The molecule has 1 aromatic heterocycles. The van der Waals surface area contributed by atoms with Gasteiger partial charge in [-0.25, -0.2) is 9.48 Å². The molecule has 0 unspecified atom stereocenters. The van der Waals surface area contributed by atoms with E-state index >= 15 is 0 Å². The predicted molar refractivity (Wildman–Crippen MR) is 82.0 cm³/mol. The number of hydrogen-bond donors (Lipinski definition) is 1. The Morgan fingerprint density at radius 1 is 1.50 bits per heavy atom. The van der Waals surface area contributed by atoms with Crippen molar-refractivity contribution >= 4 is 28.6 Å². The number of aromatic carboxylic acids is 1. The zero-order valence-corrected chi connectivity index (χ0v) is 13.1. The maximum absolute atomic E-state index is 11.2. The van der Waals surface area contributed by atoms with E-state index in [2.05, 4.69) is 11.2 Å². The van der Waals surface area contributed by atoms with Crippen molar-refractivity contribution < 1.29 is 9.90 Å². The highest BCUT2D eigenvalue weighted by atomic mass is 127. The van der Waals surface area contributed by atoms with Crippen LogP contribution < -0.4 is 0 Å². The van der Waals surface area contributed by atoms with Gasteiger partial charge in [-0.15, -0.1) is 0 Å². The van der Waals surface area contributed by atoms with Gasteiger partial charge in [0, 0.05) is 0 Å². The molecule has 0 aliphatic heterocycles. The molecule has 0 atom stereocenters. The molecule has 6 heteroatoms. The van der Waals surface area contributed by atoms with Gasteiger partial charge in [0.1, 0.15) is 0 Å². The molecule has 0 bridgehead atoms. The maximum Gasteiger partial charge on any atom is 0.357 e. The van der Waals surface area contributed by atoms with Crippen LogP contribution in [0.5, 0.6) is 0 Å². The lowest BCUT2D eigenvalue weighted by Gasteiger charge is -2.10. The molecular formula is C14H12IN3O2. The van der Waals surface area contributed by atoms with Gasteiger partial charge >= 0.3 is 5.97 Å². The fraction of sp³-hybridized carbons (Fsp3) is 0.214. The van der Waals surface area contributed by atoms with Crippen LogP contribution in [0.1, 0.15) is 41.5 Å². The molecule has 1 heterocycles. The lowest BCUT2D eigenvalue weighted by atomic mass is 10.1. The lowest BCUT2D eigenvalue weighted by Crippen LogP contribution is -2.05. The monoisotopic (exact) mass is 381 g/mol. The molecule has 0 amide bonds. The van der Waals surface area contributed by atoms with E-state index in [4.69, 9.17) is 5.26 Å². The third-order valence-electron chi connectivity index (χ3n) is 2.83. The Balaban J connectivity index is 2.70. The molecular weight excluding hydrogens is 369 g/mol.